The van der Waals surface area contributed by atoms with E-state index < -0.39 is 23.1 Å². The zero-order valence-electron chi connectivity index (χ0n) is 19.0. The zero-order chi connectivity index (χ0) is 22.9. The minimum atomic E-state index is -0.752. The van der Waals surface area contributed by atoms with Gasteiger partial charge >= 0.3 is 0 Å². The predicted octanol–water partition coefficient (Wildman–Crippen LogP) is 4.67. The topological polar surface area (TPSA) is 70.1 Å². The van der Waals surface area contributed by atoms with E-state index in [2.05, 4.69) is 0 Å². The molecule has 0 aliphatic carbocycles. The quantitative estimate of drug-likeness (QED) is 0.733. The van der Waals surface area contributed by atoms with Gasteiger partial charge < -0.3 is 14.7 Å². The van der Waals surface area contributed by atoms with Crippen LogP contribution >= 0.6 is 0 Å². The normalized spacial score (nSPS) is 16.6. The molecule has 1 aliphatic rings. The first kappa shape index (κ1) is 22.4. The summed E-state index contributed by atoms with van der Waals surface area (Å²) in [4.78, 5) is 29.9. The van der Waals surface area contributed by atoms with Crippen molar-refractivity contribution >= 4 is 23.1 Å². The van der Waals surface area contributed by atoms with Crippen molar-refractivity contribution in [1.82, 2.24) is 0 Å². The van der Waals surface area contributed by atoms with E-state index in [1.807, 2.05) is 74.4 Å². The molecular formula is C25H30N2O4. The number of amides is 1. The zero-order valence-corrected chi connectivity index (χ0v) is 19.0. The molecule has 2 aromatic rings. The summed E-state index contributed by atoms with van der Waals surface area (Å²) in [6.07, 6.45) is 0. The summed E-state index contributed by atoms with van der Waals surface area (Å²) in [6, 6.07) is 14.0. The van der Waals surface area contributed by atoms with Gasteiger partial charge in [-0.2, -0.15) is 0 Å². The summed E-state index contributed by atoms with van der Waals surface area (Å²) in [5, 5.41) is 10.8. The first-order valence-electron chi connectivity index (χ1n) is 10.4. The lowest BCUT2D eigenvalue weighted by atomic mass is 9.82. The Balaban J connectivity index is 2.13. The average Bonchev–Trinajstić information content (AvgIpc) is 2.98. The number of rotatable bonds is 6. The van der Waals surface area contributed by atoms with Crippen LogP contribution in [0.3, 0.4) is 0 Å². The van der Waals surface area contributed by atoms with Gasteiger partial charge in [-0.15, -0.1) is 0 Å². The molecule has 164 valence electrons. The third-order valence-electron chi connectivity index (χ3n) is 5.29. The molecule has 6 heteroatoms. The van der Waals surface area contributed by atoms with E-state index in [1.165, 1.54) is 4.90 Å². The lowest BCUT2D eigenvalue weighted by molar-refractivity contribution is -0.123. The van der Waals surface area contributed by atoms with E-state index in [1.54, 1.807) is 20.8 Å². The highest BCUT2D eigenvalue weighted by Crippen LogP contribution is 2.43. The number of aliphatic hydroxyl groups is 1. The summed E-state index contributed by atoms with van der Waals surface area (Å²) < 4.78 is 5.53. The standard InChI is InChI=1S/C25H30N2O4/c1-7-31-19-14-8-16(9-15-19)21-20(23(29)25(2,3)4)22(28)24(30)27(21)18-12-10-17(11-13-18)26(5)6/h8-15,21,28H,7H2,1-6H3. The van der Waals surface area contributed by atoms with Gasteiger partial charge in [-0.25, -0.2) is 0 Å². The van der Waals surface area contributed by atoms with Crippen LogP contribution in [0.25, 0.3) is 0 Å². The molecule has 6 nitrogen and oxygen atoms in total. The van der Waals surface area contributed by atoms with Crippen LogP contribution in [0.1, 0.15) is 39.3 Å². The van der Waals surface area contributed by atoms with Gasteiger partial charge in [0.15, 0.2) is 11.5 Å². The van der Waals surface area contributed by atoms with Crippen LogP contribution < -0.4 is 14.5 Å². The number of aliphatic hydroxyl groups excluding tert-OH is 1. The maximum atomic E-state index is 13.3. The molecule has 0 spiro atoms. The Morgan fingerprint density at radius 3 is 2.13 bits per heavy atom. The van der Waals surface area contributed by atoms with Crippen LogP contribution in [-0.2, 0) is 9.59 Å². The molecule has 3 rings (SSSR count). The number of ketones is 1. The third kappa shape index (κ3) is 4.29. The average molecular weight is 423 g/mol. The minimum absolute atomic E-state index is 0.123. The lowest BCUT2D eigenvalue weighted by Gasteiger charge is -2.29. The Hall–Kier alpha value is -3.28. The van der Waals surface area contributed by atoms with Crippen LogP contribution in [0, 0.1) is 5.41 Å². The summed E-state index contributed by atoms with van der Waals surface area (Å²) in [6.45, 7) is 7.79. The highest BCUT2D eigenvalue weighted by molar-refractivity contribution is 6.17. The number of Topliss-reactive ketones (excluding diaryl/α,β-unsaturated/α-hetero) is 1. The maximum absolute atomic E-state index is 13.3. The summed E-state index contributed by atoms with van der Waals surface area (Å²) >= 11 is 0. The van der Waals surface area contributed by atoms with E-state index >= 15 is 0 Å². The second-order valence-corrected chi connectivity index (χ2v) is 8.83. The van der Waals surface area contributed by atoms with Crippen LogP contribution in [0.5, 0.6) is 5.75 Å². The number of carbonyl (C=O) groups excluding carboxylic acids is 2. The molecule has 1 atom stereocenters. The fourth-order valence-corrected chi connectivity index (χ4v) is 3.65. The molecule has 0 fully saturated rings. The molecule has 1 unspecified atom stereocenters. The lowest BCUT2D eigenvalue weighted by Crippen LogP contribution is -2.32. The van der Waals surface area contributed by atoms with E-state index in [9.17, 15) is 14.7 Å². The largest absolute Gasteiger partial charge is 0.503 e. The van der Waals surface area contributed by atoms with Gasteiger partial charge in [0.25, 0.3) is 5.91 Å². The number of carbonyl (C=O) groups is 2. The number of nitrogens with zero attached hydrogens (tertiary/aromatic N) is 2. The van der Waals surface area contributed by atoms with Crippen molar-refractivity contribution in [2.24, 2.45) is 5.41 Å². The monoisotopic (exact) mass is 422 g/mol. The van der Waals surface area contributed by atoms with Crippen molar-refractivity contribution < 1.29 is 19.4 Å². The molecule has 31 heavy (non-hydrogen) atoms. The molecule has 1 heterocycles. The molecule has 2 aromatic carbocycles. The summed E-state index contributed by atoms with van der Waals surface area (Å²) in [5.74, 6) is -0.626. The Bertz CT molecular complexity index is 999. The summed E-state index contributed by atoms with van der Waals surface area (Å²) in [5.41, 5.74) is 1.69. The molecule has 0 saturated heterocycles. The number of hydrogen-bond acceptors (Lipinski definition) is 5. The first-order valence-corrected chi connectivity index (χ1v) is 10.4. The number of benzene rings is 2. The van der Waals surface area contributed by atoms with Crippen molar-refractivity contribution in [3.05, 3.63) is 65.4 Å². The minimum Gasteiger partial charge on any atom is -0.503 e. The van der Waals surface area contributed by atoms with Gasteiger partial charge in [-0.05, 0) is 48.9 Å². The van der Waals surface area contributed by atoms with Crippen molar-refractivity contribution in [2.75, 3.05) is 30.5 Å². The number of hydrogen-bond donors (Lipinski definition) is 1. The van der Waals surface area contributed by atoms with Crippen LogP contribution in [0.4, 0.5) is 11.4 Å². The van der Waals surface area contributed by atoms with Crippen molar-refractivity contribution in [3.63, 3.8) is 0 Å². The molecule has 0 bridgehead atoms. The van der Waals surface area contributed by atoms with Crippen molar-refractivity contribution in [1.29, 1.82) is 0 Å². The predicted molar refractivity (Wildman–Crippen MR) is 123 cm³/mol. The Morgan fingerprint density at radius 2 is 1.65 bits per heavy atom. The molecule has 1 aliphatic heterocycles. The number of anilines is 2. The van der Waals surface area contributed by atoms with Crippen molar-refractivity contribution in [2.45, 2.75) is 33.7 Å². The van der Waals surface area contributed by atoms with Crippen LogP contribution in [0.2, 0.25) is 0 Å². The smallest absolute Gasteiger partial charge is 0.294 e. The molecule has 1 amide bonds. The SMILES string of the molecule is CCOc1ccc(C2C(C(=O)C(C)(C)C)=C(O)C(=O)N2c2ccc(N(C)C)cc2)cc1. The Kier molecular flexibility index (Phi) is 6.11. The molecule has 1 N–H and O–H groups in total. The third-order valence-corrected chi connectivity index (χ3v) is 5.29. The second-order valence-electron chi connectivity index (χ2n) is 8.83. The van der Waals surface area contributed by atoms with Crippen LogP contribution in [-0.4, -0.2) is 37.5 Å². The Labute approximate surface area is 183 Å². The fourth-order valence-electron chi connectivity index (χ4n) is 3.65. The van der Waals surface area contributed by atoms with E-state index in [0.29, 0.717) is 18.0 Å². The van der Waals surface area contributed by atoms with E-state index in [4.69, 9.17) is 4.74 Å². The molecule has 0 saturated carbocycles. The van der Waals surface area contributed by atoms with E-state index in [0.717, 1.165) is 11.3 Å². The fraction of sp³-hybridized carbons (Fsp3) is 0.360. The molecule has 0 radical (unpaired) electrons. The first-order chi connectivity index (χ1) is 14.6. The van der Waals surface area contributed by atoms with E-state index in [-0.39, 0.29) is 11.4 Å². The second kappa shape index (κ2) is 8.46. The number of ether oxygens (including phenoxy) is 1. The van der Waals surface area contributed by atoms with Gasteiger partial charge in [0.1, 0.15) is 5.75 Å². The van der Waals surface area contributed by atoms with Crippen molar-refractivity contribution in [3.8, 4) is 5.75 Å². The maximum Gasteiger partial charge on any atom is 0.294 e. The Morgan fingerprint density at radius 1 is 1.06 bits per heavy atom. The van der Waals surface area contributed by atoms with Gasteiger partial charge in [-0.3, -0.25) is 14.5 Å². The van der Waals surface area contributed by atoms with Gasteiger partial charge in [0.05, 0.1) is 18.2 Å². The molecular weight excluding hydrogens is 392 g/mol. The van der Waals surface area contributed by atoms with Gasteiger partial charge in [0.2, 0.25) is 0 Å². The highest BCUT2D eigenvalue weighted by Gasteiger charge is 2.46. The summed E-state index contributed by atoms with van der Waals surface area (Å²) in [7, 11) is 3.87. The van der Waals surface area contributed by atoms with Crippen LogP contribution in [0.15, 0.2) is 59.9 Å². The molecule has 0 aromatic heterocycles. The van der Waals surface area contributed by atoms with Gasteiger partial charge in [-0.1, -0.05) is 32.9 Å². The van der Waals surface area contributed by atoms with Gasteiger partial charge in [0, 0.05) is 30.9 Å². The highest BCUT2D eigenvalue weighted by atomic mass is 16.5.